The summed E-state index contributed by atoms with van der Waals surface area (Å²) in [6, 6.07) is 13.5. The molecular formula is C25H35N3O2. The average Bonchev–Trinajstić information content (AvgIpc) is 3.03. The van der Waals surface area contributed by atoms with Gasteiger partial charge < -0.3 is 10.0 Å². The molecule has 2 aromatic rings. The normalized spacial score (nSPS) is 21.8. The smallest absolute Gasteiger partial charge is 0.244 e. The quantitative estimate of drug-likeness (QED) is 0.733. The van der Waals surface area contributed by atoms with Crippen molar-refractivity contribution in [3.63, 3.8) is 0 Å². The lowest BCUT2D eigenvalue weighted by atomic mass is 9.72. The molecule has 1 aromatic heterocycles. The molecule has 0 bridgehead atoms. The first-order valence-corrected chi connectivity index (χ1v) is 10.9. The number of nitrogens with one attached hydrogen (secondary N) is 1. The minimum atomic E-state index is -0.776. The number of aliphatic hydroxyl groups excluding tert-OH is 1. The Kier molecular flexibility index (Phi) is 6.94. The lowest BCUT2D eigenvalue weighted by Crippen LogP contribution is -2.50. The van der Waals surface area contributed by atoms with E-state index in [4.69, 9.17) is 0 Å². The van der Waals surface area contributed by atoms with Crippen LogP contribution in [-0.4, -0.2) is 39.2 Å². The number of hydrogen-bond acceptors (Lipinski definition) is 4. The van der Waals surface area contributed by atoms with Gasteiger partial charge in [0.1, 0.15) is 6.04 Å². The topological polar surface area (TPSA) is 65.5 Å². The maximum absolute atomic E-state index is 13.4. The second-order valence-electron chi connectivity index (χ2n) is 9.81. The molecule has 4 atom stereocenters. The number of aromatic nitrogens is 1. The van der Waals surface area contributed by atoms with E-state index in [-0.39, 0.29) is 29.3 Å². The number of carbonyl (C=O) groups is 1. The Morgan fingerprint density at radius 3 is 2.27 bits per heavy atom. The highest BCUT2D eigenvalue weighted by Gasteiger charge is 2.47. The number of hydrogen-bond donors (Lipinski definition) is 2. The number of rotatable bonds is 7. The first kappa shape index (κ1) is 22.4. The molecule has 1 aliphatic heterocycles. The molecule has 30 heavy (non-hydrogen) atoms. The van der Waals surface area contributed by atoms with Gasteiger partial charge in [0.05, 0.1) is 12.3 Å². The summed E-state index contributed by atoms with van der Waals surface area (Å²) in [6.45, 7) is 11.1. The number of benzene rings is 1. The van der Waals surface area contributed by atoms with E-state index in [1.54, 1.807) is 12.4 Å². The van der Waals surface area contributed by atoms with Crippen molar-refractivity contribution in [2.45, 2.75) is 65.9 Å². The third kappa shape index (κ3) is 5.08. The van der Waals surface area contributed by atoms with E-state index in [2.05, 4.69) is 57.1 Å². The van der Waals surface area contributed by atoms with Crippen LogP contribution in [0.2, 0.25) is 0 Å². The van der Waals surface area contributed by atoms with Crippen LogP contribution in [0, 0.1) is 17.3 Å². The highest BCUT2D eigenvalue weighted by molar-refractivity contribution is 5.85. The zero-order valence-electron chi connectivity index (χ0n) is 18.7. The summed E-state index contributed by atoms with van der Waals surface area (Å²) in [4.78, 5) is 19.4. The Hall–Kier alpha value is -2.24. The molecule has 0 radical (unpaired) electrons. The minimum absolute atomic E-state index is 0.0275. The monoisotopic (exact) mass is 409 g/mol. The van der Waals surface area contributed by atoms with E-state index < -0.39 is 12.1 Å². The Morgan fingerprint density at radius 1 is 1.07 bits per heavy atom. The molecule has 5 heteroatoms. The minimum Gasteiger partial charge on any atom is -0.391 e. The van der Waals surface area contributed by atoms with Gasteiger partial charge in [-0.25, -0.2) is 0 Å². The molecule has 162 valence electrons. The zero-order chi connectivity index (χ0) is 21.9. The van der Waals surface area contributed by atoms with E-state index in [1.807, 2.05) is 35.2 Å². The third-order valence-electron chi connectivity index (χ3n) is 6.13. The van der Waals surface area contributed by atoms with Gasteiger partial charge in [0, 0.05) is 18.9 Å². The van der Waals surface area contributed by atoms with Gasteiger partial charge in [-0.2, -0.15) is 0 Å². The Labute approximate surface area is 180 Å². The summed E-state index contributed by atoms with van der Waals surface area (Å²) in [7, 11) is 0. The van der Waals surface area contributed by atoms with Crippen LogP contribution in [-0.2, 0) is 17.8 Å². The summed E-state index contributed by atoms with van der Waals surface area (Å²) in [5.41, 5.74) is 2.07. The van der Waals surface area contributed by atoms with Crippen LogP contribution in [0.3, 0.4) is 0 Å². The fourth-order valence-electron chi connectivity index (χ4n) is 4.36. The average molecular weight is 410 g/mol. The second kappa shape index (κ2) is 9.27. The number of amides is 1. The van der Waals surface area contributed by atoms with E-state index in [0.29, 0.717) is 6.54 Å². The summed E-state index contributed by atoms with van der Waals surface area (Å²) in [6.07, 6.45) is 3.34. The van der Waals surface area contributed by atoms with Crippen LogP contribution >= 0.6 is 0 Å². The molecule has 0 spiro atoms. The summed E-state index contributed by atoms with van der Waals surface area (Å²) < 4.78 is 0. The van der Waals surface area contributed by atoms with Gasteiger partial charge in [0.25, 0.3) is 0 Å². The molecule has 1 aliphatic rings. The van der Waals surface area contributed by atoms with E-state index >= 15 is 0 Å². The molecule has 2 unspecified atom stereocenters. The SMILES string of the molecule is CC(C)C1N[C@@H]([C@H](O)C(Cc2ccccc2)C(C)(C)C)C(=O)N1Cc1ccncc1. The van der Waals surface area contributed by atoms with Gasteiger partial charge in [0.15, 0.2) is 0 Å². The van der Waals surface area contributed by atoms with Crippen molar-refractivity contribution < 1.29 is 9.90 Å². The molecule has 3 rings (SSSR count). The van der Waals surface area contributed by atoms with Crippen molar-refractivity contribution >= 4 is 5.91 Å². The highest BCUT2D eigenvalue weighted by Crippen LogP contribution is 2.35. The lowest BCUT2D eigenvalue weighted by Gasteiger charge is -2.37. The van der Waals surface area contributed by atoms with Crippen molar-refractivity contribution in [2.24, 2.45) is 17.3 Å². The van der Waals surface area contributed by atoms with Crippen LogP contribution in [0.1, 0.15) is 45.7 Å². The van der Waals surface area contributed by atoms with Gasteiger partial charge in [-0.3, -0.25) is 15.1 Å². The van der Waals surface area contributed by atoms with Crippen molar-refractivity contribution in [3.05, 3.63) is 66.0 Å². The van der Waals surface area contributed by atoms with E-state index in [9.17, 15) is 9.90 Å². The summed E-state index contributed by atoms with van der Waals surface area (Å²) in [5.74, 6) is 0.144. The number of nitrogens with zero attached hydrogens (tertiary/aromatic N) is 2. The van der Waals surface area contributed by atoms with Crippen molar-refractivity contribution in [1.82, 2.24) is 15.2 Å². The van der Waals surface area contributed by atoms with Gasteiger partial charge in [0.2, 0.25) is 5.91 Å². The Balaban J connectivity index is 1.84. The molecule has 1 amide bonds. The number of carbonyl (C=O) groups excluding carboxylic acids is 1. The third-order valence-corrected chi connectivity index (χ3v) is 6.13. The van der Waals surface area contributed by atoms with Crippen LogP contribution in [0.15, 0.2) is 54.9 Å². The molecule has 2 heterocycles. The highest BCUT2D eigenvalue weighted by atomic mass is 16.3. The fraction of sp³-hybridized carbons (Fsp3) is 0.520. The van der Waals surface area contributed by atoms with Crippen molar-refractivity contribution in [3.8, 4) is 0 Å². The van der Waals surface area contributed by atoms with Gasteiger partial charge in [-0.15, -0.1) is 0 Å². The Morgan fingerprint density at radius 2 is 1.70 bits per heavy atom. The molecule has 1 fully saturated rings. The first-order chi connectivity index (χ1) is 14.2. The summed E-state index contributed by atoms with van der Waals surface area (Å²) >= 11 is 0. The predicted molar refractivity (Wildman–Crippen MR) is 119 cm³/mol. The summed E-state index contributed by atoms with van der Waals surface area (Å²) in [5, 5.41) is 14.9. The van der Waals surface area contributed by atoms with Crippen LogP contribution in [0.5, 0.6) is 0 Å². The molecule has 0 saturated carbocycles. The fourth-order valence-corrected chi connectivity index (χ4v) is 4.36. The van der Waals surface area contributed by atoms with E-state index in [1.165, 1.54) is 5.56 Å². The molecule has 5 nitrogen and oxygen atoms in total. The van der Waals surface area contributed by atoms with Crippen LogP contribution < -0.4 is 5.32 Å². The van der Waals surface area contributed by atoms with Gasteiger partial charge >= 0.3 is 0 Å². The predicted octanol–water partition coefficient (Wildman–Crippen LogP) is 3.63. The van der Waals surface area contributed by atoms with Crippen molar-refractivity contribution in [2.75, 3.05) is 0 Å². The molecule has 1 saturated heterocycles. The van der Waals surface area contributed by atoms with Gasteiger partial charge in [-0.1, -0.05) is 65.0 Å². The standard InChI is InChI=1S/C25H35N3O2/c1-17(2)23-27-21(24(30)28(23)16-19-11-13-26-14-12-19)22(29)20(25(3,4)5)15-18-9-7-6-8-10-18/h6-14,17,20-23,27,29H,15-16H2,1-5H3/t20?,21-,22+,23?/m0/s1. The zero-order valence-corrected chi connectivity index (χ0v) is 18.7. The van der Waals surface area contributed by atoms with Crippen molar-refractivity contribution in [1.29, 1.82) is 0 Å². The van der Waals surface area contributed by atoms with E-state index in [0.717, 1.165) is 12.0 Å². The lowest BCUT2D eigenvalue weighted by molar-refractivity contribution is -0.134. The molecule has 2 N–H and O–H groups in total. The second-order valence-corrected chi connectivity index (χ2v) is 9.81. The number of aliphatic hydroxyl groups is 1. The first-order valence-electron chi connectivity index (χ1n) is 10.9. The van der Waals surface area contributed by atoms with Gasteiger partial charge in [-0.05, 0) is 46.9 Å². The molecule has 0 aliphatic carbocycles. The Bertz CT molecular complexity index is 817. The largest absolute Gasteiger partial charge is 0.391 e. The maximum atomic E-state index is 13.4. The van der Waals surface area contributed by atoms with Crippen LogP contribution in [0.25, 0.3) is 0 Å². The molecule has 1 aromatic carbocycles. The number of pyridine rings is 1. The maximum Gasteiger partial charge on any atom is 0.244 e. The van der Waals surface area contributed by atoms with Crippen LogP contribution in [0.4, 0.5) is 0 Å². The molecular weight excluding hydrogens is 374 g/mol.